The lowest BCUT2D eigenvalue weighted by molar-refractivity contribution is 0.0792. The van der Waals surface area contributed by atoms with Gasteiger partial charge in [0.15, 0.2) is 0 Å². The highest BCUT2D eigenvalue weighted by atomic mass is 16.3. The fraction of sp³-hybridized carbons (Fsp3) is 0.143. The van der Waals surface area contributed by atoms with Crippen LogP contribution in [-0.2, 0) is 5.60 Å². The summed E-state index contributed by atoms with van der Waals surface area (Å²) in [6, 6.07) is 35.6. The molecule has 0 radical (unpaired) electrons. The van der Waals surface area contributed by atoms with E-state index in [4.69, 9.17) is 0 Å². The Morgan fingerprint density at radius 1 is 0.633 bits per heavy atom. The van der Waals surface area contributed by atoms with E-state index in [-0.39, 0.29) is 0 Å². The molecular formula is C28H27NO. The van der Waals surface area contributed by atoms with Crippen molar-refractivity contribution >= 4 is 17.1 Å². The lowest BCUT2D eigenvalue weighted by Gasteiger charge is -2.26. The highest BCUT2D eigenvalue weighted by Gasteiger charge is 2.21. The first-order valence-electron chi connectivity index (χ1n) is 10.3. The lowest BCUT2D eigenvalue weighted by Crippen LogP contribution is -2.17. The third-order valence-electron chi connectivity index (χ3n) is 5.30. The van der Waals surface area contributed by atoms with Crippen molar-refractivity contribution in [2.24, 2.45) is 0 Å². The number of benzene rings is 4. The second-order valence-electron chi connectivity index (χ2n) is 8.16. The van der Waals surface area contributed by atoms with Crippen LogP contribution in [-0.4, -0.2) is 5.11 Å². The van der Waals surface area contributed by atoms with Crippen LogP contribution in [0.4, 0.5) is 17.1 Å². The van der Waals surface area contributed by atoms with E-state index in [0.29, 0.717) is 0 Å². The van der Waals surface area contributed by atoms with Crippen molar-refractivity contribution in [3.05, 3.63) is 114 Å². The average Bonchev–Trinajstić information content (AvgIpc) is 2.75. The maximum atomic E-state index is 10.7. The van der Waals surface area contributed by atoms with Gasteiger partial charge in [-0.3, -0.25) is 0 Å². The minimum Gasteiger partial charge on any atom is -0.386 e. The number of rotatable bonds is 5. The van der Waals surface area contributed by atoms with Gasteiger partial charge in [-0.05, 0) is 73.9 Å². The van der Waals surface area contributed by atoms with Gasteiger partial charge in [0, 0.05) is 17.1 Å². The molecule has 4 aromatic carbocycles. The minimum absolute atomic E-state index is 0.901. The van der Waals surface area contributed by atoms with Gasteiger partial charge >= 0.3 is 0 Å². The first kappa shape index (κ1) is 19.9. The van der Waals surface area contributed by atoms with Crippen molar-refractivity contribution in [2.45, 2.75) is 26.4 Å². The monoisotopic (exact) mass is 393 g/mol. The molecule has 4 aromatic rings. The van der Waals surface area contributed by atoms with Crippen LogP contribution in [0.15, 0.2) is 103 Å². The van der Waals surface area contributed by atoms with Gasteiger partial charge < -0.3 is 10.0 Å². The van der Waals surface area contributed by atoms with Crippen molar-refractivity contribution in [2.75, 3.05) is 4.90 Å². The summed E-state index contributed by atoms with van der Waals surface area (Å²) >= 11 is 0. The summed E-state index contributed by atoms with van der Waals surface area (Å²) in [4.78, 5) is 2.25. The van der Waals surface area contributed by atoms with E-state index in [1.54, 1.807) is 0 Å². The summed E-state index contributed by atoms with van der Waals surface area (Å²) in [5.74, 6) is 0. The zero-order chi connectivity index (χ0) is 21.1. The quantitative estimate of drug-likeness (QED) is 0.383. The molecule has 0 aliphatic heterocycles. The fourth-order valence-corrected chi connectivity index (χ4v) is 3.82. The predicted octanol–water partition coefficient (Wildman–Crippen LogP) is 7.36. The molecular weight excluding hydrogens is 366 g/mol. The molecule has 0 fully saturated rings. The van der Waals surface area contributed by atoms with E-state index in [0.717, 1.165) is 33.8 Å². The Morgan fingerprint density at radius 2 is 1.13 bits per heavy atom. The first-order chi connectivity index (χ1) is 14.4. The Balaban J connectivity index is 1.79. The number of anilines is 3. The topological polar surface area (TPSA) is 23.5 Å². The van der Waals surface area contributed by atoms with E-state index < -0.39 is 5.60 Å². The Morgan fingerprint density at radius 3 is 1.63 bits per heavy atom. The molecule has 0 aliphatic carbocycles. The number of aliphatic hydroxyl groups is 1. The van der Waals surface area contributed by atoms with Crippen molar-refractivity contribution in [1.29, 1.82) is 0 Å². The number of hydrogen-bond acceptors (Lipinski definition) is 2. The molecule has 0 unspecified atom stereocenters. The Kier molecular flexibility index (Phi) is 5.43. The predicted molar refractivity (Wildman–Crippen MR) is 127 cm³/mol. The van der Waals surface area contributed by atoms with E-state index in [1.165, 1.54) is 5.56 Å². The third-order valence-corrected chi connectivity index (χ3v) is 5.30. The smallest absolute Gasteiger partial charge is 0.0846 e. The van der Waals surface area contributed by atoms with E-state index >= 15 is 0 Å². The SMILES string of the molecule is Cc1ccc(C(C)(C)O)c(-c2ccc(N(c3ccccc3)c3ccccc3)cc2)c1. The highest BCUT2D eigenvalue weighted by molar-refractivity contribution is 5.79. The van der Waals surface area contributed by atoms with Crippen LogP contribution in [0, 0.1) is 6.92 Å². The maximum Gasteiger partial charge on any atom is 0.0846 e. The van der Waals surface area contributed by atoms with Crippen LogP contribution in [0.3, 0.4) is 0 Å². The van der Waals surface area contributed by atoms with E-state index in [9.17, 15) is 5.11 Å². The second-order valence-corrected chi connectivity index (χ2v) is 8.16. The molecule has 150 valence electrons. The summed E-state index contributed by atoms with van der Waals surface area (Å²) in [7, 11) is 0. The molecule has 0 aromatic heterocycles. The van der Waals surface area contributed by atoms with Crippen LogP contribution in [0.2, 0.25) is 0 Å². The normalized spacial score (nSPS) is 11.3. The number of para-hydroxylation sites is 2. The molecule has 0 amide bonds. The molecule has 0 spiro atoms. The van der Waals surface area contributed by atoms with E-state index in [2.05, 4.69) is 96.8 Å². The molecule has 4 rings (SSSR count). The standard InChI is InChI=1S/C28H27NO/c1-21-14-19-27(28(2,3)30)26(20-21)22-15-17-25(18-16-22)29(23-10-6-4-7-11-23)24-12-8-5-9-13-24/h4-20,30H,1-3H3. The average molecular weight is 394 g/mol. The van der Waals surface area contributed by atoms with Crippen LogP contribution in [0.25, 0.3) is 11.1 Å². The van der Waals surface area contributed by atoms with Gasteiger partial charge in [0.2, 0.25) is 0 Å². The molecule has 1 N–H and O–H groups in total. The Labute approximate surface area is 179 Å². The van der Waals surface area contributed by atoms with Gasteiger partial charge in [-0.15, -0.1) is 0 Å². The molecule has 30 heavy (non-hydrogen) atoms. The minimum atomic E-state index is -0.901. The van der Waals surface area contributed by atoms with Gasteiger partial charge in [-0.1, -0.05) is 72.3 Å². The third kappa shape index (κ3) is 4.14. The maximum absolute atomic E-state index is 10.7. The van der Waals surface area contributed by atoms with Gasteiger partial charge in [-0.2, -0.15) is 0 Å². The molecule has 0 atom stereocenters. The van der Waals surface area contributed by atoms with Gasteiger partial charge in [0.05, 0.1) is 5.60 Å². The molecule has 0 aliphatic rings. The van der Waals surface area contributed by atoms with Gasteiger partial charge in [0.25, 0.3) is 0 Å². The van der Waals surface area contributed by atoms with E-state index in [1.807, 2.05) is 32.0 Å². The van der Waals surface area contributed by atoms with Crippen LogP contribution in [0.5, 0.6) is 0 Å². The largest absolute Gasteiger partial charge is 0.386 e. The summed E-state index contributed by atoms with van der Waals surface area (Å²) in [5, 5.41) is 10.7. The molecule has 0 heterocycles. The van der Waals surface area contributed by atoms with Crippen LogP contribution < -0.4 is 4.90 Å². The molecule has 0 saturated heterocycles. The zero-order valence-corrected chi connectivity index (χ0v) is 17.7. The highest BCUT2D eigenvalue weighted by Crippen LogP contribution is 2.37. The second kappa shape index (κ2) is 8.17. The Hall–Kier alpha value is -3.36. The van der Waals surface area contributed by atoms with Crippen LogP contribution >= 0.6 is 0 Å². The van der Waals surface area contributed by atoms with Gasteiger partial charge in [-0.25, -0.2) is 0 Å². The fourth-order valence-electron chi connectivity index (χ4n) is 3.82. The first-order valence-corrected chi connectivity index (χ1v) is 10.3. The summed E-state index contributed by atoms with van der Waals surface area (Å²) in [5.41, 5.74) is 6.70. The lowest BCUT2D eigenvalue weighted by atomic mass is 9.88. The summed E-state index contributed by atoms with van der Waals surface area (Å²) in [6.07, 6.45) is 0. The van der Waals surface area contributed by atoms with Crippen molar-refractivity contribution < 1.29 is 5.11 Å². The van der Waals surface area contributed by atoms with Crippen molar-refractivity contribution in [1.82, 2.24) is 0 Å². The molecule has 2 heteroatoms. The molecule has 0 saturated carbocycles. The van der Waals surface area contributed by atoms with Gasteiger partial charge in [0.1, 0.15) is 0 Å². The van der Waals surface area contributed by atoms with Crippen LogP contribution in [0.1, 0.15) is 25.0 Å². The molecule has 0 bridgehead atoms. The summed E-state index contributed by atoms with van der Waals surface area (Å²) in [6.45, 7) is 5.75. The number of aryl methyl sites for hydroxylation is 1. The summed E-state index contributed by atoms with van der Waals surface area (Å²) < 4.78 is 0. The zero-order valence-electron chi connectivity index (χ0n) is 17.7. The molecule has 2 nitrogen and oxygen atoms in total. The number of nitrogens with zero attached hydrogens (tertiary/aromatic N) is 1. The van der Waals surface area contributed by atoms with Crippen molar-refractivity contribution in [3.63, 3.8) is 0 Å². The number of hydrogen-bond donors (Lipinski definition) is 1. The Bertz CT molecular complexity index is 1070. The van der Waals surface area contributed by atoms with Crippen molar-refractivity contribution in [3.8, 4) is 11.1 Å².